The Balaban J connectivity index is 1.92. The summed E-state index contributed by atoms with van der Waals surface area (Å²) in [6.45, 7) is 0.593. The maximum absolute atomic E-state index is 12.2. The zero-order chi connectivity index (χ0) is 15.7. The van der Waals surface area contributed by atoms with Crippen molar-refractivity contribution in [1.82, 2.24) is 0 Å². The number of alkyl halides is 3. The van der Waals surface area contributed by atoms with Crippen molar-refractivity contribution in [1.29, 1.82) is 0 Å². The summed E-state index contributed by atoms with van der Waals surface area (Å²) in [6.07, 6.45) is -0.747. The second-order valence-corrected chi connectivity index (χ2v) is 5.14. The van der Waals surface area contributed by atoms with Gasteiger partial charge in [0.2, 0.25) is 0 Å². The Labute approximate surface area is 130 Å². The molecule has 1 heterocycles. The maximum Gasteiger partial charge on any atom is 0.573 e. The molecule has 6 heteroatoms. The molecule has 3 rings (SSSR count). The van der Waals surface area contributed by atoms with E-state index in [1.807, 2.05) is 29.2 Å². The predicted molar refractivity (Wildman–Crippen MR) is 80.6 cm³/mol. The molecular formula is C16H11ClF3NO. The Morgan fingerprint density at radius 3 is 2.45 bits per heavy atom. The van der Waals surface area contributed by atoms with Crippen molar-refractivity contribution in [2.24, 2.45) is 0 Å². The van der Waals surface area contributed by atoms with Gasteiger partial charge in [-0.1, -0.05) is 35.9 Å². The molecule has 114 valence electrons. The van der Waals surface area contributed by atoms with Gasteiger partial charge in [0, 0.05) is 12.2 Å². The molecule has 0 atom stereocenters. The fourth-order valence-electron chi connectivity index (χ4n) is 2.39. The molecule has 0 fully saturated rings. The third-order valence-electron chi connectivity index (χ3n) is 3.26. The first-order chi connectivity index (χ1) is 10.4. The van der Waals surface area contributed by atoms with E-state index in [-0.39, 0.29) is 5.75 Å². The quantitative estimate of drug-likeness (QED) is 0.732. The van der Waals surface area contributed by atoms with Crippen LogP contribution in [-0.4, -0.2) is 12.9 Å². The van der Waals surface area contributed by atoms with Gasteiger partial charge in [-0.05, 0) is 35.9 Å². The molecule has 1 aliphatic rings. The van der Waals surface area contributed by atoms with Crippen LogP contribution < -0.4 is 9.64 Å². The molecule has 22 heavy (non-hydrogen) atoms. The number of hydrogen-bond donors (Lipinski definition) is 0. The molecule has 2 aromatic carbocycles. The summed E-state index contributed by atoms with van der Waals surface area (Å²) < 4.78 is 40.4. The molecule has 0 N–H and O–H groups in total. The Morgan fingerprint density at radius 2 is 1.77 bits per heavy atom. The molecule has 0 saturated carbocycles. The Morgan fingerprint density at radius 1 is 1.05 bits per heavy atom. The standard InChI is InChI=1S/C16H11ClF3NO/c17-14-5-1-3-11-4-2-10-21(15(11)14)12-6-8-13(9-7-12)22-16(18,19)20/h1-9H,10H2. The van der Waals surface area contributed by atoms with E-state index in [0.29, 0.717) is 11.6 Å². The monoisotopic (exact) mass is 325 g/mol. The van der Waals surface area contributed by atoms with Crippen molar-refractivity contribution >= 4 is 29.1 Å². The van der Waals surface area contributed by atoms with Crippen LogP contribution in [0.25, 0.3) is 6.08 Å². The van der Waals surface area contributed by atoms with Gasteiger partial charge in [-0.3, -0.25) is 0 Å². The number of nitrogens with zero attached hydrogens (tertiary/aromatic N) is 1. The number of fused-ring (bicyclic) bond motifs is 1. The smallest absolute Gasteiger partial charge is 0.406 e. The molecule has 0 amide bonds. The number of halogens is 4. The van der Waals surface area contributed by atoms with Crippen LogP contribution in [0, 0.1) is 0 Å². The molecule has 0 aliphatic carbocycles. The van der Waals surface area contributed by atoms with E-state index in [4.69, 9.17) is 11.6 Å². The fourth-order valence-corrected chi connectivity index (χ4v) is 2.67. The van der Waals surface area contributed by atoms with Crippen molar-refractivity contribution in [2.75, 3.05) is 11.4 Å². The third kappa shape index (κ3) is 3.04. The van der Waals surface area contributed by atoms with Crippen LogP contribution in [0.1, 0.15) is 5.56 Å². The summed E-state index contributed by atoms with van der Waals surface area (Å²) in [6, 6.07) is 11.3. The molecule has 0 radical (unpaired) electrons. The van der Waals surface area contributed by atoms with Crippen LogP contribution in [0.15, 0.2) is 48.5 Å². The lowest BCUT2D eigenvalue weighted by molar-refractivity contribution is -0.274. The van der Waals surface area contributed by atoms with Gasteiger partial charge < -0.3 is 9.64 Å². The van der Waals surface area contributed by atoms with Crippen LogP contribution in [0.2, 0.25) is 5.02 Å². The second-order valence-electron chi connectivity index (χ2n) is 4.73. The summed E-state index contributed by atoms with van der Waals surface area (Å²) in [4.78, 5) is 1.94. The van der Waals surface area contributed by atoms with Crippen LogP contribution in [0.3, 0.4) is 0 Å². The highest BCUT2D eigenvalue weighted by atomic mass is 35.5. The first-order valence-corrected chi connectivity index (χ1v) is 6.90. The average Bonchev–Trinajstić information content (AvgIpc) is 2.46. The van der Waals surface area contributed by atoms with Gasteiger partial charge in [-0.2, -0.15) is 0 Å². The zero-order valence-corrected chi connectivity index (χ0v) is 12.0. The minimum atomic E-state index is -4.69. The highest BCUT2D eigenvalue weighted by molar-refractivity contribution is 6.33. The first kappa shape index (κ1) is 14.8. The van der Waals surface area contributed by atoms with E-state index < -0.39 is 6.36 Å². The van der Waals surface area contributed by atoms with Crippen LogP contribution in [0.4, 0.5) is 24.5 Å². The molecule has 1 aliphatic heterocycles. The van der Waals surface area contributed by atoms with Crippen LogP contribution >= 0.6 is 11.6 Å². The maximum atomic E-state index is 12.2. The van der Waals surface area contributed by atoms with E-state index in [1.54, 1.807) is 18.2 Å². The summed E-state index contributed by atoms with van der Waals surface area (Å²) >= 11 is 6.26. The van der Waals surface area contributed by atoms with Crippen molar-refractivity contribution in [3.05, 3.63) is 59.1 Å². The fraction of sp³-hybridized carbons (Fsp3) is 0.125. The van der Waals surface area contributed by atoms with Gasteiger partial charge >= 0.3 is 6.36 Å². The predicted octanol–water partition coefficient (Wildman–Crippen LogP) is 5.40. The third-order valence-corrected chi connectivity index (χ3v) is 3.56. The van der Waals surface area contributed by atoms with Crippen LogP contribution in [-0.2, 0) is 0 Å². The lowest BCUT2D eigenvalue weighted by Crippen LogP contribution is -2.21. The number of para-hydroxylation sites is 1. The minimum absolute atomic E-state index is 0.247. The molecule has 0 aromatic heterocycles. The Hall–Kier alpha value is -2.14. The number of anilines is 2. The van der Waals surface area contributed by atoms with E-state index >= 15 is 0 Å². The Bertz CT molecular complexity index is 710. The van der Waals surface area contributed by atoms with Gasteiger partial charge in [-0.25, -0.2) is 0 Å². The highest BCUT2D eigenvalue weighted by Gasteiger charge is 2.31. The summed E-state index contributed by atoms with van der Waals surface area (Å²) in [5.41, 5.74) is 2.55. The van der Waals surface area contributed by atoms with Crippen LogP contribution in [0.5, 0.6) is 5.75 Å². The molecule has 0 spiro atoms. The lowest BCUT2D eigenvalue weighted by Gasteiger charge is -2.29. The topological polar surface area (TPSA) is 12.5 Å². The van der Waals surface area contributed by atoms with E-state index in [9.17, 15) is 13.2 Å². The summed E-state index contributed by atoms with van der Waals surface area (Å²) in [5.74, 6) is -0.247. The number of rotatable bonds is 2. The molecule has 0 bridgehead atoms. The van der Waals surface area contributed by atoms with Gasteiger partial charge in [0.15, 0.2) is 0 Å². The molecule has 0 unspecified atom stereocenters. The van der Waals surface area contributed by atoms with Gasteiger partial charge in [0.05, 0.1) is 10.7 Å². The van der Waals surface area contributed by atoms with Crippen molar-refractivity contribution in [3.63, 3.8) is 0 Å². The van der Waals surface area contributed by atoms with Crippen molar-refractivity contribution in [2.45, 2.75) is 6.36 Å². The number of benzene rings is 2. The van der Waals surface area contributed by atoms with E-state index in [1.165, 1.54) is 12.1 Å². The van der Waals surface area contributed by atoms with E-state index in [2.05, 4.69) is 4.74 Å². The van der Waals surface area contributed by atoms with Crippen molar-refractivity contribution < 1.29 is 17.9 Å². The molecular weight excluding hydrogens is 315 g/mol. The summed E-state index contributed by atoms with van der Waals surface area (Å²) in [7, 11) is 0. The zero-order valence-electron chi connectivity index (χ0n) is 11.3. The first-order valence-electron chi connectivity index (χ1n) is 6.52. The SMILES string of the molecule is FC(F)(F)Oc1ccc(N2CC=Cc3cccc(Cl)c32)cc1. The van der Waals surface area contributed by atoms with Crippen molar-refractivity contribution in [3.8, 4) is 5.75 Å². The summed E-state index contributed by atoms with van der Waals surface area (Å²) in [5, 5.41) is 0.595. The normalized spacial score (nSPS) is 13.9. The largest absolute Gasteiger partial charge is 0.573 e. The molecule has 2 aromatic rings. The van der Waals surface area contributed by atoms with Gasteiger partial charge in [0.1, 0.15) is 5.75 Å². The van der Waals surface area contributed by atoms with Gasteiger partial charge in [-0.15, -0.1) is 13.2 Å². The Kier molecular flexibility index (Phi) is 3.74. The number of hydrogen-bond acceptors (Lipinski definition) is 2. The second kappa shape index (κ2) is 5.57. The average molecular weight is 326 g/mol. The van der Waals surface area contributed by atoms with Gasteiger partial charge in [0.25, 0.3) is 0 Å². The molecule has 2 nitrogen and oxygen atoms in total. The number of ether oxygens (including phenoxy) is 1. The van der Waals surface area contributed by atoms with E-state index in [0.717, 1.165) is 16.9 Å². The lowest BCUT2D eigenvalue weighted by atomic mass is 10.1. The highest BCUT2D eigenvalue weighted by Crippen LogP contribution is 2.38. The minimum Gasteiger partial charge on any atom is -0.406 e. The molecule has 0 saturated heterocycles.